The lowest BCUT2D eigenvalue weighted by Crippen LogP contribution is -2.52. The Morgan fingerprint density at radius 3 is 1.97 bits per heavy atom. The van der Waals surface area contributed by atoms with Crippen LogP contribution < -0.4 is 4.74 Å². The Morgan fingerprint density at radius 2 is 1.51 bits per heavy atom. The van der Waals surface area contributed by atoms with Gasteiger partial charge in [0.25, 0.3) is 6.10 Å². The Kier molecular flexibility index (Phi) is 10.6. The second-order valence-electron chi connectivity index (χ2n) is 7.58. The van der Waals surface area contributed by atoms with Crippen molar-refractivity contribution in [3.63, 3.8) is 0 Å². The molecular formula is C21H15F5I3O7S-. The van der Waals surface area contributed by atoms with Crippen LogP contribution >= 0.6 is 67.8 Å². The fourth-order valence-corrected chi connectivity index (χ4v) is 5.98. The first-order valence-electron chi connectivity index (χ1n) is 9.92. The summed E-state index contributed by atoms with van der Waals surface area (Å²) in [5.74, 6) is -3.96. The summed E-state index contributed by atoms with van der Waals surface area (Å²) in [5, 5.41) is -6.03. The smallest absolute Gasteiger partial charge is 0.432 e. The lowest BCUT2D eigenvalue weighted by Gasteiger charge is -2.30. The van der Waals surface area contributed by atoms with E-state index >= 15 is 0 Å². The minimum absolute atomic E-state index is 0.0227. The van der Waals surface area contributed by atoms with Crippen molar-refractivity contribution in [2.45, 2.75) is 43.7 Å². The summed E-state index contributed by atoms with van der Waals surface area (Å²) < 4.78 is 111. The number of alkyl halides is 5. The van der Waals surface area contributed by atoms with Crippen LogP contribution in [0, 0.1) is 10.7 Å². The molecule has 0 fully saturated rings. The average molecular weight is 887 g/mol. The molecule has 0 amide bonds. The molecule has 7 nitrogen and oxygen atoms in total. The van der Waals surface area contributed by atoms with E-state index in [1.807, 2.05) is 45.2 Å². The molecule has 0 aliphatic rings. The van der Waals surface area contributed by atoms with Gasteiger partial charge in [-0.05, 0) is 116 Å². The van der Waals surface area contributed by atoms with Crippen LogP contribution in [0.15, 0.2) is 30.3 Å². The van der Waals surface area contributed by atoms with Crippen molar-refractivity contribution in [2.75, 3.05) is 0 Å². The van der Waals surface area contributed by atoms with Crippen LogP contribution in [-0.4, -0.2) is 42.4 Å². The van der Waals surface area contributed by atoms with Gasteiger partial charge in [-0.25, -0.2) is 18.0 Å². The number of ether oxygens (including phenoxy) is 2. The lowest BCUT2D eigenvalue weighted by molar-refractivity contribution is -0.248. The number of rotatable bonds is 8. The fraction of sp³-hybridized carbons (Fsp3) is 0.333. The van der Waals surface area contributed by atoms with Crippen molar-refractivity contribution in [3.05, 3.63) is 57.7 Å². The van der Waals surface area contributed by atoms with Gasteiger partial charge in [0.05, 0.1) is 9.13 Å². The van der Waals surface area contributed by atoms with E-state index < -0.39 is 50.9 Å². The molecule has 0 spiro atoms. The molecule has 37 heavy (non-hydrogen) atoms. The summed E-state index contributed by atoms with van der Waals surface area (Å²) in [7, 11) is -6.89. The number of halogens is 8. The van der Waals surface area contributed by atoms with Crippen molar-refractivity contribution in [3.8, 4) is 5.75 Å². The molecule has 204 valence electrons. The maximum atomic E-state index is 13.9. The van der Waals surface area contributed by atoms with Crippen LogP contribution in [-0.2, 0) is 14.9 Å². The first kappa shape index (κ1) is 32.3. The molecule has 2 unspecified atom stereocenters. The maximum Gasteiger partial charge on any atom is 0.432 e. The predicted molar refractivity (Wildman–Crippen MR) is 145 cm³/mol. The van der Waals surface area contributed by atoms with E-state index in [1.54, 1.807) is 42.5 Å². The van der Waals surface area contributed by atoms with E-state index in [4.69, 9.17) is 4.74 Å². The predicted octanol–water partition coefficient (Wildman–Crippen LogP) is 6.46. The standard InChI is InChI=1S/C21H16F5I3O7S/c1-3-9(2)10-6-14(18(31)36-19(20(22,23)24)21(25,26)37(32,33)34)16(15(29)7-10)35-17(30)11-4-12(27)8-13(28)5-11/h4-9,19H,3H2,1-2H3,(H,32,33,34)/p-1. The molecule has 0 N–H and O–H groups in total. The number of carbonyl (C=O) groups is 2. The van der Waals surface area contributed by atoms with E-state index in [1.165, 1.54) is 18.2 Å². The third-order valence-electron chi connectivity index (χ3n) is 4.92. The Bertz CT molecular complexity index is 1300. The monoisotopic (exact) mass is 887 g/mol. The average Bonchev–Trinajstić information content (AvgIpc) is 2.75. The van der Waals surface area contributed by atoms with Crippen LogP contribution in [0.3, 0.4) is 0 Å². The highest BCUT2D eigenvalue weighted by molar-refractivity contribution is 14.1. The molecule has 2 aromatic rings. The normalized spacial score (nSPS) is 14.1. The van der Waals surface area contributed by atoms with Crippen molar-refractivity contribution in [2.24, 2.45) is 0 Å². The molecule has 2 atom stereocenters. The Morgan fingerprint density at radius 1 is 0.973 bits per heavy atom. The Labute approximate surface area is 249 Å². The van der Waals surface area contributed by atoms with Gasteiger partial charge in [0, 0.05) is 7.14 Å². The summed E-state index contributed by atoms with van der Waals surface area (Å²) >= 11 is 5.49. The Balaban J connectivity index is 2.64. The van der Waals surface area contributed by atoms with Crippen molar-refractivity contribution in [1.82, 2.24) is 0 Å². The number of esters is 2. The topological polar surface area (TPSA) is 110 Å². The number of hydrogen-bond donors (Lipinski definition) is 0. The number of hydrogen-bond acceptors (Lipinski definition) is 7. The molecule has 0 heterocycles. The van der Waals surface area contributed by atoms with Crippen LogP contribution in [0.25, 0.3) is 0 Å². The lowest BCUT2D eigenvalue weighted by atomic mass is 9.96. The van der Waals surface area contributed by atoms with Crippen LogP contribution in [0.1, 0.15) is 52.5 Å². The summed E-state index contributed by atoms with van der Waals surface area (Å²) in [6.45, 7) is 3.47. The molecule has 16 heteroatoms. The van der Waals surface area contributed by atoms with Crippen LogP contribution in [0.2, 0.25) is 0 Å². The Hall–Kier alpha value is -0.870. The van der Waals surface area contributed by atoms with E-state index in [2.05, 4.69) is 4.74 Å². The molecule has 0 aromatic heterocycles. The molecule has 0 bridgehead atoms. The van der Waals surface area contributed by atoms with E-state index in [-0.39, 0.29) is 15.1 Å². The minimum Gasteiger partial charge on any atom is -0.743 e. The maximum absolute atomic E-state index is 13.9. The molecule has 0 saturated heterocycles. The van der Waals surface area contributed by atoms with Gasteiger partial charge in [-0.1, -0.05) is 13.8 Å². The van der Waals surface area contributed by atoms with Gasteiger partial charge in [-0.15, -0.1) is 0 Å². The third kappa shape index (κ3) is 7.84. The third-order valence-corrected chi connectivity index (χ3v) is 7.85. The second kappa shape index (κ2) is 12.1. The first-order valence-corrected chi connectivity index (χ1v) is 14.6. The highest BCUT2D eigenvalue weighted by atomic mass is 127. The summed E-state index contributed by atoms with van der Waals surface area (Å²) in [5.41, 5.74) is -0.451. The summed E-state index contributed by atoms with van der Waals surface area (Å²) in [6.07, 6.45) is -10.2. The highest BCUT2D eigenvalue weighted by Crippen LogP contribution is 2.40. The molecule has 2 aromatic carbocycles. The largest absolute Gasteiger partial charge is 0.743 e. The summed E-state index contributed by atoms with van der Waals surface area (Å²) in [6, 6.07) is 7.07. The molecule has 0 aliphatic heterocycles. The minimum atomic E-state index is -6.89. The van der Waals surface area contributed by atoms with Crippen molar-refractivity contribution >= 4 is 89.8 Å². The quantitative estimate of drug-likeness (QED) is 0.0986. The van der Waals surface area contributed by atoms with Crippen molar-refractivity contribution < 1.29 is 54.0 Å². The fourth-order valence-electron chi connectivity index (χ4n) is 2.84. The molecule has 0 aliphatic carbocycles. The molecule has 0 radical (unpaired) electrons. The zero-order valence-electron chi connectivity index (χ0n) is 18.5. The van der Waals surface area contributed by atoms with Gasteiger partial charge in [0.15, 0.2) is 15.9 Å². The van der Waals surface area contributed by atoms with Gasteiger partial charge in [-0.2, -0.15) is 22.0 Å². The number of carbonyl (C=O) groups excluding carboxylic acids is 2. The van der Waals surface area contributed by atoms with Gasteiger partial charge >= 0.3 is 23.4 Å². The molecule has 0 saturated carbocycles. The van der Waals surface area contributed by atoms with E-state index in [9.17, 15) is 44.5 Å². The molecular weight excluding hydrogens is 872 g/mol. The van der Waals surface area contributed by atoms with Crippen molar-refractivity contribution in [1.29, 1.82) is 0 Å². The van der Waals surface area contributed by atoms with Crippen LogP contribution in [0.4, 0.5) is 22.0 Å². The SMILES string of the molecule is CCC(C)c1cc(I)c(OC(=O)c2cc(I)cc(I)c2)c(C(=O)OC(C(F)(F)F)C(F)(F)S(=O)(=O)[O-])c1. The molecule has 2 rings (SSSR count). The van der Waals surface area contributed by atoms with Gasteiger partial charge < -0.3 is 14.0 Å². The second-order valence-corrected chi connectivity index (χ2v) is 12.7. The van der Waals surface area contributed by atoms with E-state index in [0.717, 1.165) is 6.07 Å². The van der Waals surface area contributed by atoms with Crippen LogP contribution in [0.5, 0.6) is 5.75 Å². The van der Waals surface area contributed by atoms with Gasteiger partial charge in [0.1, 0.15) is 5.56 Å². The highest BCUT2D eigenvalue weighted by Gasteiger charge is 2.63. The van der Waals surface area contributed by atoms with E-state index in [0.29, 0.717) is 19.1 Å². The zero-order chi connectivity index (χ0) is 28.5. The summed E-state index contributed by atoms with van der Waals surface area (Å²) in [4.78, 5) is 25.6. The zero-order valence-corrected chi connectivity index (χ0v) is 25.8. The van der Waals surface area contributed by atoms with Gasteiger partial charge in [0.2, 0.25) is 0 Å². The number of benzene rings is 2. The first-order chi connectivity index (χ1) is 16.8. The van der Waals surface area contributed by atoms with Gasteiger partial charge in [-0.3, -0.25) is 0 Å².